The van der Waals surface area contributed by atoms with Crippen LogP contribution in [0, 0.1) is 0 Å². The summed E-state index contributed by atoms with van der Waals surface area (Å²) < 4.78 is 11.0. The lowest BCUT2D eigenvalue weighted by molar-refractivity contribution is -0.117. The number of benzene rings is 2. The molecule has 4 rings (SSSR count). The van der Waals surface area contributed by atoms with Crippen molar-refractivity contribution in [3.8, 4) is 5.75 Å². The molecule has 0 spiro atoms. The molecule has 0 aliphatic carbocycles. The van der Waals surface area contributed by atoms with Gasteiger partial charge in [-0.05, 0) is 30.7 Å². The van der Waals surface area contributed by atoms with Crippen LogP contribution in [-0.2, 0) is 4.79 Å². The minimum absolute atomic E-state index is 0.0855. The summed E-state index contributed by atoms with van der Waals surface area (Å²) in [5.41, 5.74) is 1.96. The Bertz CT molecular complexity index is 959. The van der Waals surface area contributed by atoms with Crippen LogP contribution in [0.15, 0.2) is 52.9 Å². The van der Waals surface area contributed by atoms with Crippen LogP contribution in [0.2, 0.25) is 0 Å². The summed E-state index contributed by atoms with van der Waals surface area (Å²) >= 11 is 0. The van der Waals surface area contributed by atoms with Crippen LogP contribution in [0.5, 0.6) is 5.75 Å². The molecule has 1 fully saturated rings. The summed E-state index contributed by atoms with van der Waals surface area (Å²) in [6.07, 6.45) is 1.39. The SMILES string of the molecule is COc1cc(NC(=O)c2cc3ccccc3o2)ccc1N1CCCC1=O. The van der Waals surface area contributed by atoms with Gasteiger partial charge in [0, 0.05) is 30.1 Å². The number of fused-ring (bicyclic) bond motifs is 1. The summed E-state index contributed by atoms with van der Waals surface area (Å²) in [6.45, 7) is 0.680. The summed E-state index contributed by atoms with van der Waals surface area (Å²) in [7, 11) is 1.55. The minimum Gasteiger partial charge on any atom is -0.494 e. The van der Waals surface area contributed by atoms with Crippen LogP contribution in [0.3, 0.4) is 0 Å². The number of nitrogens with zero attached hydrogens (tertiary/aromatic N) is 1. The van der Waals surface area contributed by atoms with Crippen LogP contribution >= 0.6 is 0 Å². The number of nitrogens with one attached hydrogen (secondary N) is 1. The largest absolute Gasteiger partial charge is 0.494 e. The van der Waals surface area contributed by atoms with Crippen molar-refractivity contribution in [1.82, 2.24) is 0 Å². The van der Waals surface area contributed by atoms with Crippen molar-refractivity contribution in [3.63, 3.8) is 0 Å². The predicted molar refractivity (Wildman–Crippen MR) is 98.7 cm³/mol. The zero-order chi connectivity index (χ0) is 18.1. The van der Waals surface area contributed by atoms with Crippen molar-refractivity contribution >= 4 is 34.2 Å². The first-order chi connectivity index (χ1) is 12.7. The Labute approximate surface area is 150 Å². The van der Waals surface area contributed by atoms with E-state index in [0.717, 1.165) is 17.5 Å². The lowest BCUT2D eigenvalue weighted by Crippen LogP contribution is -2.24. The van der Waals surface area contributed by atoms with Gasteiger partial charge in [-0.2, -0.15) is 0 Å². The maximum Gasteiger partial charge on any atom is 0.291 e. The Kier molecular flexibility index (Phi) is 4.08. The molecule has 2 aromatic carbocycles. The number of hydrogen-bond acceptors (Lipinski definition) is 4. The monoisotopic (exact) mass is 350 g/mol. The van der Waals surface area contributed by atoms with Crippen molar-refractivity contribution in [3.05, 3.63) is 54.3 Å². The van der Waals surface area contributed by atoms with E-state index in [1.807, 2.05) is 24.3 Å². The maximum atomic E-state index is 12.5. The maximum absolute atomic E-state index is 12.5. The lowest BCUT2D eigenvalue weighted by atomic mass is 10.2. The number of methoxy groups -OCH3 is 1. The highest BCUT2D eigenvalue weighted by Crippen LogP contribution is 2.34. The number of carbonyl (C=O) groups excluding carboxylic acids is 2. The van der Waals surface area contributed by atoms with E-state index in [4.69, 9.17) is 9.15 Å². The van der Waals surface area contributed by atoms with Crippen molar-refractivity contribution < 1.29 is 18.7 Å². The first-order valence-electron chi connectivity index (χ1n) is 8.44. The molecule has 6 nitrogen and oxygen atoms in total. The molecule has 0 radical (unpaired) electrons. The number of rotatable bonds is 4. The van der Waals surface area contributed by atoms with Gasteiger partial charge < -0.3 is 19.4 Å². The van der Waals surface area contributed by atoms with E-state index < -0.39 is 0 Å². The fourth-order valence-corrected chi connectivity index (χ4v) is 3.17. The zero-order valence-corrected chi connectivity index (χ0v) is 14.3. The van der Waals surface area contributed by atoms with Gasteiger partial charge in [-0.3, -0.25) is 9.59 Å². The van der Waals surface area contributed by atoms with Crippen molar-refractivity contribution in [2.45, 2.75) is 12.8 Å². The van der Waals surface area contributed by atoms with Crippen LogP contribution < -0.4 is 15.0 Å². The smallest absolute Gasteiger partial charge is 0.291 e. The standard InChI is InChI=1S/C20H18N2O4/c1-25-17-12-14(8-9-15(17)22-10-4-7-19(22)23)21-20(24)18-11-13-5-2-3-6-16(13)26-18/h2-3,5-6,8-9,11-12H,4,7,10H2,1H3,(H,21,24). The normalized spacial score (nSPS) is 14.0. The summed E-state index contributed by atoms with van der Waals surface area (Å²) in [4.78, 5) is 26.1. The van der Waals surface area contributed by atoms with E-state index >= 15 is 0 Å². The zero-order valence-electron chi connectivity index (χ0n) is 14.3. The molecule has 132 valence electrons. The second-order valence-corrected chi connectivity index (χ2v) is 6.14. The first kappa shape index (κ1) is 16.2. The molecule has 1 aliphatic rings. The third kappa shape index (κ3) is 2.90. The van der Waals surface area contributed by atoms with Crippen LogP contribution in [-0.4, -0.2) is 25.5 Å². The van der Waals surface area contributed by atoms with E-state index in [9.17, 15) is 9.59 Å². The molecule has 0 saturated carbocycles. The Morgan fingerprint density at radius 3 is 2.77 bits per heavy atom. The number of hydrogen-bond donors (Lipinski definition) is 1. The Hall–Kier alpha value is -3.28. The molecule has 0 bridgehead atoms. The van der Waals surface area contributed by atoms with Gasteiger partial charge >= 0.3 is 0 Å². The van der Waals surface area contributed by atoms with E-state index in [0.29, 0.717) is 30.0 Å². The lowest BCUT2D eigenvalue weighted by Gasteiger charge is -2.19. The summed E-state index contributed by atoms with van der Waals surface area (Å²) in [5, 5.41) is 3.68. The van der Waals surface area contributed by atoms with Gasteiger partial charge in [0.1, 0.15) is 11.3 Å². The molecule has 1 N–H and O–H groups in total. The quantitative estimate of drug-likeness (QED) is 0.776. The highest BCUT2D eigenvalue weighted by molar-refractivity contribution is 6.05. The second kappa shape index (κ2) is 6.55. The molecule has 2 amide bonds. The third-order valence-corrected chi connectivity index (χ3v) is 4.45. The van der Waals surface area contributed by atoms with Gasteiger partial charge in [-0.25, -0.2) is 0 Å². The van der Waals surface area contributed by atoms with E-state index in [1.54, 1.807) is 36.3 Å². The third-order valence-electron chi connectivity index (χ3n) is 4.45. The molecule has 0 atom stereocenters. The Balaban J connectivity index is 1.57. The highest BCUT2D eigenvalue weighted by Gasteiger charge is 2.24. The van der Waals surface area contributed by atoms with E-state index in [2.05, 4.69) is 5.32 Å². The number of amides is 2. The molecular formula is C20H18N2O4. The van der Waals surface area contributed by atoms with Gasteiger partial charge in [0.25, 0.3) is 5.91 Å². The van der Waals surface area contributed by atoms with Crippen LogP contribution in [0.1, 0.15) is 23.4 Å². The van der Waals surface area contributed by atoms with Gasteiger partial charge in [0.15, 0.2) is 5.76 Å². The molecule has 0 unspecified atom stereocenters. The van der Waals surface area contributed by atoms with Crippen molar-refractivity contribution in [1.29, 1.82) is 0 Å². The average Bonchev–Trinajstić information content (AvgIpc) is 3.27. The molecule has 1 aromatic heterocycles. The van der Waals surface area contributed by atoms with Gasteiger partial charge in [0.2, 0.25) is 5.91 Å². The van der Waals surface area contributed by atoms with Crippen LogP contribution in [0.25, 0.3) is 11.0 Å². The number of anilines is 2. The molecule has 1 saturated heterocycles. The topological polar surface area (TPSA) is 71.8 Å². The Morgan fingerprint density at radius 2 is 2.04 bits per heavy atom. The molecule has 1 aliphatic heterocycles. The second-order valence-electron chi connectivity index (χ2n) is 6.14. The molecule has 2 heterocycles. The minimum atomic E-state index is -0.340. The number of furan rings is 1. The van der Waals surface area contributed by atoms with E-state index in [1.165, 1.54) is 0 Å². The summed E-state index contributed by atoms with van der Waals surface area (Å²) in [5.74, 6) is 0.530. The average molecular weight is 350 g/mol. The fourth-order valence-electron chi connectivity index (χ4n) is 3.17. The van der Waals surface area contributed by atoms with Gasteiger partial charge in [-0.15, -0.1) is 0 Å². The molecule has 26 heavy (non-hydrogen) atoms. The summed E-state index contributed by atoms with van der Waals surface area (Å²) in [6, 6.07) is 14.4. The number of ether oxygens (including phenoxy) is 1. The number of para-hydroxylation sites is 1. The molecular weight excluding hydrogens is 332 g/mol. The first-order valence-corrected chi connectivity index (χ1v) is 8.44. The molecule has 3 aromatic rings. The van der Waals surface area contributed by atoms with Crippen molar-refractivity contribution in [2.24, 2.45) is 0 Å². The van der Waals surface area contributed by atoms with Crippen LogP contribution in [0.4, 0.5) is 11.4 Å². The van der Waals surface area contributed by atoms with Gasteiger partial charge in [-0.1, -0.05) is 18.2 Å². The van der Waals surface area contributed by atoms with Gasteiger partial charge in [0.05, 0.1) is 12.8 Å². The van der Waals surface area contributed by atoms with Crippen molar-refractivity contribution in [2.75, 3.05) is 23.9 Å². The van der Waals surface area contributed by atoms with E-state index in [-0.39, 0.29) is 17.6 Å². The molecule has 6 heteroatoms. The highest BCUT2D eigenvalue weighted by atomic mass is 16.5. The number of carbonyl (C=O) groups is 2. The Morgan fingerprint density at radius 1 is 1.19 bits per heavy atom. The predicted octanol–water partition coefficient (Wildman–Crippen LogP) is 3.82. The fraction of sp³-hybridized carbons (Fsp3) is 0.200.